The maximum atomic E-state index is 13.7. The zero-order valence-electron chi connectivity index (χ0n) is 21.9. The van der Waals surface area contributed by atoms with E-state index in [2.05, 4.69) is 61.9 Å². The van der Waals surface area contributed by atoms with Crippen molar-refractivity contribution >= 4 is 11.8 Å². The Morgan fingerprint density at radius 2 is 1.71 bits per heavy atom. The maximum Gasteiger partial charge on any atom is 0.243 e. The second-order valence-corrected chi connectivity index (χ2v) is 11.5. The van der Waals surface area contributed by atoms with Crippen molar-refractivity contribution in [2.75, 3.05) is 33.4 Å². The average Bonchev–Trinajstić information content (AvgIpc) is 3.23. The first-order valence-corrected chi connectivity index (χ1v) is 12.2. The third-order valence-corrected chi connectivity index (χ3v) is 6.38. The molecule has 1 aliphatic heterocycles. The number of ether oxygens (including phenoxy) is 1. The van der Waals surface area contributed by atoms with Crippen molar-refractivity contribution in [3.05, 3.63) is 59.4 Å². The molecule has 186 valence electrons. The lowest BCUT2D eigenvalue weighted by molar-refractivity contribution is -0.143. The molecule has 0 fully saturated rings. The first-order chi connectivity index (χ1) is 15.9. The van der Waals surface area contributed by atoms with Crippen molar-refractivity contribution in [2.45, 2.75) is 66.0 Å². The predicted molar refractivity (Wildman–Crippen MR) is 136 cm³/mol. The molecule has 2 heterocycles. The van der Waals surface area contributed by atoms with Crippen molar-refractivity contribution in [2.24, 2.45) is 5.41 Å². The molecular formula is C28H41N3O3. The van der Waals surface area contributed by atoms with Crippen LogP contribution in [0.5, 0.6) is 0 Å². The van der Waals surface area contributed by atoms with Gasteiger partial charge in [0.2, 0.25) is 11.8 Å². The third-order valence-electron chi connectivity index (χ3n) is 6.38. The summed E-state index contributed by atoms with van der Waals surface area (Å²) < 4.78 is 7.44. The van der Waals surface area contributed by atoms with Gasteiger partial charge in [-0.3, -0.25) is 9.59 Å². The summed E-state index contributed by atoms with van der Waals surface area (Å²) in [5.74, 6) is -0.0416. The molecule has 1 unspecified atom stereocenters. The Morgan fingerprint density at radius 1 is 1.03 bits per heavy atom. The lowest BCUT2D eigenvalue weighted by Crippen LogP contribution is -2.49. The third kappa shape index (κ3) is 6.29. The fourth-order valence-electron chi connectivity index (χ4n) is 4.48. The van der Waals surface area contributed by atoms with Crippen LogP contribution in [-0.4, -0.2) is 59.5 Å². The number of fused-ring (bicyclic) bond motifs is 1. The standard InChI is InChI=1S/C28H41N3O3/c1-27(2,3)19-24(32)30(17-18-34-7)20-25(33)31-16-15-29-14-8-9-23(29)26(31)21-10-12-22(13-11-21)28(4,5)6/h8-14,26H,15-20H2,1-7H3. The van der Waals surface area contributed by atoms with Crippen LogP contribution in [0.25, 0.3) is 0 Å². The van der Waals surface area contributed by atoms with Gasteiger partial charge in [0.1, 0.15) is 0 Å². The van der Waals surface area contributed by atoms with Crippen LogP contribution in [0.15, 0.2) is 42.6 Å². The summed E-state index contributed by atoms with van der Waals surface area (Å²) in [5, 5.41) is 0. The highest BCUT2D eigenvalue weighted by molar-refractivity contribution is 5.85. The maximum absolute atomic E-state index is 13.7. The van der Waals surface area contributed by atoms with Crippen LogP contribution < -0.4 is 0 Å². The molecule has 0 saturated heterocycles. The highest BCUT2D eigenvalue weighted by Crippen LogP contribution is 2.34. The van der Waals surface area contributed by atoms with E-state index < -0.39 is 0 Å². The smallest absolute Gasteiger partial charge is 0.243 e. The van der Waals surface area contributed by atoms with Gasteiger partial charge in [0.05, 0.1) is 19.2 Å². The molecule has 1 aliphatic rings. The fraction of sp³-hybridized carbons (Fsp3) is 0.571. The van der Waals surface area contributed by atoms with Gasteiger partial charge in [0.25, 0.3) is 0 Å². The summed E-state index contributed by atoms with van der Waals surface area (Å²) in [5.41, 5.74) is 3.38. The second-order valence-electron chi connectivity index (χ2n) is 11.5. The number of amides is 2. The van der Waals surface area contributed by atoms with Crippen LogP contribution in [0.4, 0.5) is 0 Å². The summed E-state index contributed by atoms with van der Waals surface area (Å²) in [4.78, 5) is 30.3. The Kier molecular flexibility index (Phi) is 7.91. The summed E-state index contributed by atoms with van der Waals surface area (Å²) in [6, 6.07) is 12.6. The minimum atomic E-state index is -0.174. The van der Waals surface area contributed by atoms with Crippen molar-refractivity contribution in [3.63, 3.8) is 0 Å². The number of hydrogen-bond donors (Lipinski definition) is 0. The van der Waals surface area contributed by atoms with Gasteiger partial charge in [-0.1, -0.05) is 65.8 Å². The number of methoxy groups -OCH3 is 1. The summed E-state index contributed by atoms with van der Waals surface area (Å²) in [6.07, 6.45) is 2.47. The Balaban J connectivity index is 1.88. The van der Waals surface area contributed by atoms with Gasteiger partial charge in [-0.25, -0.2) is 0 Å². The molecule has 2 aromatic rings. The molecule has 2 amide bonds. The van der Waals surface area contributed by atoms with E-state index in [9.17, 15) is 9.59 Å². The minimum Gasteiger partial charge on any atom is -0.383 e. The average molecular weight is 468 g/mol. The highest BCUT2D eigenvalue weighted by Gasteiger charge is 2.34. The molecule has 1 atom stereocenters. The molecular weight excluding hydrogens is 426 g/mol. The highest BCUT2D eigenvalue weighted by atomic mass is 16.5. The lowest BCUT2D eigenvalue weighted by atomic mass is 9.86. The minimum absolute atomic E-state index is 0.00985. The van der Waals surface area contributed by atoms with E-state index in [0.29, 0.717) is 26.1 Å². The number of carbonyl (C=O) groups is 2. The van der Waals surface area contributed by atoms with Crippen molar-refractivity contribution in [1.82, 2.24) is 14.4 Å². The molecule has 0 radical (unpaired) electrons. The molecule has 6 heteroatoms. The molecule has 0 saturated carbocycles. The van der Waals surface area contributed by atoms with Gasteiger partial charge in [-0.05, 0) is 34.1 Å². The van der Waals surface area contributed by atoms with Gasteiger partial charge >= 0.3 is 0 Å². The number of rotatable bonds is 7. The van der Waals surface area contributed by atoms with Crippen molar-refractivity contribution < 1.29 is 14.3 Å². The van der Waals surface area contributed by atoms with E-state index >= 15 is 0 Å². The van der Waals surface area contributed by atoms with Gasteiger partial charge in [0, 0.05) is 45.1 Å². The van der Waals surface area contributed by atoms with Crippen molar-refractivity contribution in [3.8, 4) is 0 Å². The SMILES string of the molecule is COCCN(CC(=O)N1CCn2cccc2C1c1ccc(C(C)(C)C)cc1)C(=O)CC(C)(C)C. The first-order valence-electron chi connectivity index (χ1n) is 12.2. The van der Waals surface area contributed by atoms with Crippen LogP contribution in [0.1, 0.15) is 70.8 Å². The molecule has 6 nitrogen and oxygen atoms in total. The van der Waals surface area contributed by atoms with E-state index in [0.717, 1.165) is 17.8 Å². The van der Waals surface area contributed by atoms with E-state index in [1.54, 1.807) is 12.0 Å². The number of hydrogen-bond acceptors (Lipinski definition) is 3. The zero-order valence-corrected chi connectivity index (χ0v) is 21.9. The number of carbonyl (C=O) groups excluding carboxylic acids is 2. The van der Waals surface area contributed by atoms with Crippen molar-refractivity contribution in [1.29, 1.82) is 0 Å². The molecule has 0 aliphatic carbocycles. The Hall–Kier alpha value is -2.60. The monoisotopic (exact) mass is 467 g/mol. The first kappa shape index (κ1) is 26.0. The van der Waals surface area contributed by atoms with Crippen LogP contribution in [0.3, 0.4) is 0 Å². The zero-order chi connectivity index (χ0) is 25.1. The van der Waals surface area contributed by atoms with Crippen LogP contribution in [-0.2, 0) is 26.3 Å². The largest absolute Gasteiger partial charge is 0.383 e. The molecule has 0 spiro atoms. The van der Waals surface area contributed by atoms with Gasteiger partial charge in [-0.2, -0.15) is 0 Å². The molecule has 34 heavy (non-hydrogen) atoms. The van der Waals surface area contributed by atoms with Gasteiger partial charge < -0.3 is 19.1 Å². The lowest BCUT2D eigenvalue weighted by Gasteiger charge is -2.39. The summed E-state index contributed by atoms with van der Waals surface area (Å²) in [6.45, 7) is 15.0. The second kappa shape index (κ2) is 10.3. The van der Waals surface area contributed by atoms with E-state index in [1.165, 1.54) is 5.56 Å². The number of aromatic nitrogens is 1. The quantitative estimate of drug-likeness (QED) is 0.597. The molecule has 0 N–H and O–H groups in total. The molecule has 0 bridgehead atoms. The Morgan fingerprint density at radius 3 is 2.29 bits per heavy atom. The molecule has 3 rings (SSSR count). The topological polar surface area (TPSA) is 54.8 Å². The van der Waals surface area contributed by atoms with Gasteiger partial charge in [-0.15, -0.1) is 0 Å². The van der Waals surface area contributed by atoms with E-state index in [1.807, 2.05) is 31.7 Å². The molecule has 1 aromatic heterocycles. The Bertz CT molecular complexity index is 980. The number of nitrogens with zero attached hydrogens (tertiary/aromatic N) is 3. The van der Waals surface area contributed by atoms with Gasteiger partial charge in [0.15, 0.2) is 0 Å². The van der Waals surface area contributed by atoms with E-state index in [4.69, 9.17) is 4.74 Å². The molecule has 1 aromatic carbocycles. The summed E-state index contributed by atoms with van der Waals surface area (Å²) >= 11 is 0. The van der Waals surface area contributed by atoms with Crippen LogP contribution in [0.2, 0.25) is 0 Å². The summed E-state index contributed by atoms with van der Waals surface area (Å²) in [7, 11) is 1.62. The fourth-order valence-corrected chi connectivity index (χ4v) is 4.48. The van der Waals surface area contributed by atoms with Crippen LogP contribution >= 0.6 is 0 Å². The van der Waals surface area contributed by atoms with E-state index in [-0.39, 0.29) is 35.2 Å². The number of benzene rings is 1. The van der Waals surface area contributed by atoms with Crippen LogP contribution in [0, 0.1) is 5.41 Å². The Labute approximate surface area is 204 Å². The normalized spacial score (nSPS) is 16.3. The predicted octanol–water partition coefficient (Wildman–Crippen LogP) is 4.63.